The molecule has 2 rings (SSSR count). The summed E-state index contributed by atoms with van der Waals surface area (Å²) in [5, 5.41) is 2.85. The minimum atomic E-state index is -3.28. The molecule has 0 spiro atoms. The van der Waals surface area contributed by atoms with Crippen molar-refractivity contribution >= 4 is 13.4 Å². The standard InChI is InChI=1S/C16H20NO3P/c1-3-19-21(18,20-4-2)17-16-12-10-15(11-13-16)14-8-6-5-7-9-14/h5-13H,3-4H2,1-2H3,(H,17,18). The highest BCUT2D eigenvalue weighted by molar-refractivity contribution is 7.55. The van der Waals surface area contributed by atoms with E-state index in [2.05, 4.69) is 5.09 Å². The second kappa shape index (κ2) is 7.41. The Labute approximate surface area is 125 Å². The Bertz CT molecular complexity index is 589. The summed E-state index contributed by atoms with van der Waals surface area (Å²) in [7, 11) is -3.28. The zero-order valence-electron chi connectivity index (χ0n) is 12.3. The highest BCUT2D eigenvalue weighted by Gasteiger charge is 2.23. The van der Waals surface area contributed by atoms with Gasteiger partial charge in [0, 0.05) is 5.69 Å². The Morgan fingerprint density at radius 1 is 0.857 bits per heavy atom. The van der Waals surface area contributed by atoms with Crippen LogP contribution in [-0.2, 0) is 13.6 Å². The Hall–Kier alpha value is -1.61. The van der Waals surface area contributed by atoms with Crippen LogP contribution in [0.5, 0.6) is 0 Å². The summed E-state index contributed by atoms with van der Waals surface area (Å²) in [4.78, 5) is 0. The highest BCUT2D eigenvalue weighted by Crippen LogP contribution is 2.47. The molecule has 0 amide bonds. The Balaban J connectivity index is 2.13. The van der Waals surface area contributed by atoms with Gasteiger partial charge in [0.25, 0.3) is 0 Å². The lowest BCUT2D eigenvalue weighted by Crippen LogP contribution is -2.04. The first-order valence-corrected chi connectivity index (χ1v) is 8.54. The molecule has 0 aliphatic rings. The first kappa shape index (κ1) is 15.8. The van der Waals surface area contributed by atoms with Crippen molar-refractivity contribution in [2.45, 2.75) is 13.8 Å². The smallest absolute Gasteiger partial charge is 0.293 e. The van der Waals surface area contributed by atoms with Crippen LogP contribution in [0.1, 0.15) is 13.8 Å². The fraction of sp³-hybridized carbons (Fsp3) is 0.250. The van der Waals surface area contributed by atoms with Gasteiger partial charge in [-0.15, -0.1) is 0 Å². The van der Waals surface area contributed by atoms with Crippen molar-refractivity contribution in [2.24, 2.45) is 0 Å². The molecule has 0 radical (unpaired) electrons. The quantitative estimate of drug-likeness (QED) is 0.735. The number of benzene rings is 2. The fourth-order valence-corrected chi connectivity index (χ4v) is 3.32. The van der Waals surface area contributed by atoms with Gasteiger partial charge in [-0.3, -0.25) is 14.1 Å². The van der Waals surface area contributed by atoms with E-state index in [0.29, 0.717) is 18.9 Å². The zero-order valence-corrected chi connectivity index (χ0v) is 13.2. The monoisotopic (exact) mass is 305 g/mol. The van der Waals surface area contributed by atoms with Gasteiger partial charge in [-0.25, -0.2) is 4.57 Å². The summed E-state index contributed by atoms with van der Waals surface area (Å²) in [5.74, 6) is 0. The second-order valence-electron chi connectivity index (χ2n) is 4.39. The minimum Gasteiger partial charge on any atom is -0.293 e. The van der Waals surface area contributed by atoms with Crippen LogP contribution in [0.3, 0.4) is 0 Å². The molecule has 2 aromatic carbocycles. The van der Waals surface area contributed by atoms with E-state index in [1.807, 2.05) is 54.6 Å². The molecule has 0 saturated heterocycles. The van der Waals surface area contributed by atoms with Crippen molar-refractivity contribution in [3.05, 3.63) is 54.6 Å². The van der Waals surface area contributed by atoms with Gasteiger partial charge in [0.15, 0.2) is 0 Å². The normalized spacial score (nSPS) is 11.3. The maximum absolute atomic E-state index is 12.4. The van der Waals surface area contributed by atoms with Crippen molar-refractivity contribution in [2.75, 3.05) is 18.3 Å². The molecule has 0 unspecified atom stereocenters. The van der Waals surface area contributed by atoms with E-state index < -0.39 is 7.75 Å². The van der Waals surface area contributed by atoms with Gasteiger partial charge in [-0.05, 0) is 37.1 Å². The average molecular weight is 305 g/mol. The van der Waals surface area contributed by atoms with Crippen LogP contribution >= 0.6 is 7.75 Å². The van der Waals surface area contributed by atoms with E-state index in [9.17, 15) is 4.57 Å². The molecule has 0 aliphatic carbocycles. The lowest BCUT2D eigenvalue weighted by Gasteiger charge is -2.18. The van der Waals surface area contributed by atoms with Crippen molar-refractivity contribution in [1.82, 2.24) is 0 Å². The van der Waals surface area contributed by atoms with Gasteiger partial charge in [-0.2, -0.15) is 0 Å². The summed E-state index contributed by atoms with van der Waals surface area (Å²) >= 11 is 0. The first-order chi connectivity index (χ1) is 10.2. The Morgan fingerprint density at radius 2 is 1.38 bits per heavy atom. The van der Waals surface area contributed by atoms with E-state index in [1.54, 1.807) is 13.8 Å². The molecule has 0 saturated carbocycles. The molecule has 112 valence electrons. The van der Waals surface area contributed by atoms with Gasteiger partial charge in [0.2, 0.25) is 0 Å². The number of hydrogen-bond acceptors (Lipinski definition) is 3. The van der Waals surface area contributed by atoms with Crippen LogP contribution in [0.4, 0.5) is 5.69 Å². The van der Waals surface area contributed by atoms with Gasteiger partial charge in [-0.1, -0.05) is 42.5 Å². The Kier molecular flexibility index (Phi) is 5.57. The molecular formula is C16H20NO3P. The van der Waals surface area contributed by atoms with Crippen molar-refractivity contribution in [3.63, 3.8) is 0 Å². The number of anilines is 1. The lowest BCUT2D eigenvalue weighted by atomic mass is 10.1. The van der Waals surface area contributed by atoms with E-state index in [1.165, 1.54) is 0 Å². The molecule has 2 aromatic rings. The van der Waals surface area contributed by atoms with E-state index >= 15 is 0 Å². The van der Waals surface area contributed by atoms with E-state index in [0.717, 1.165) is 11.1 Å². The van der Waals surface area contributed by atoms with Crippen LogP contribution in [0.25, 0.3) is 11.1 Å². The van der Waals surface area contributed by atoms with Crippen LogP contribution in [0.15, 0.2) is 54.6 Å². The topological polar surface area (TPSA) is 47.6 Å². The van der Waals surface area contributed by atoms with Crippen molar-refractivity contribution in [3.8, 4) is 11.1 Å². The zero-order chi connectivity index (χ0) is 15.1. The van der Waals surface area contributed by atoms with Crippen LogP contribution in [-0.4, -0.2) is 13.2 Å². The van der Waals surface area contributed by atoms with Crippen molar-refractivity contribution < 1.29 is 13.6 Å². The average Bonchev–Trinajstić information content (AvgIpc) is 2.49. The number of nitrogens with one attached hydrogen (secondary N) is 1. The summed E-state index contributed by atoms with van der Waals surface area (Å²) in [6.07, 6.45) is 0. The maximum Gasteiger partial charge on any atom is 0.432 e. The molecule has 0 fully saturated rings. The largest absolute Gasteiger partial charge is 0.432 e. The minimum absolute atomic E-state index is 0.326. The molecule has 4 nitrogen and oxygen atoms in total. The molecule has 0 heterocycles. The van der Waals surface area contributed by atoms with Gasteiger partial charge >= 0.3 is 7.75 Å². The Morgan fingerprint density at radius 3 is 1.90 bits per heavy atom. The molecule has 0 aromatic heterocycles. The second-order valence-corrected chi connectivity index (χ2v) is 6.12. The van der Waals surface area contributed by atoms with E-state index in [4.69, 9.17) is 9.05 Å². The summed E-state index contributed by atoms with van der Waals surface area (Å²) in [5.41, 5.74) is 2.95. The van der Waals surface area contributed by atoms with E-state index in [-0.39, 0.29) is 0 Å². The third kappa shape index (κ3) is 4.43. The number of hydrogen-bond donors (Lipinski definition) is 1. The predicted octanol–water partition coefficient (Wildman–Crippen LogP) is 4.95. The molecule has 21 heavy (non-hydrogen) atoms. The summed E-state index contributed by atoms with van der Waals surface area (Å²) < 4.78 is 22.8. The third-order valence-electron chi connectivity index (χ3n) is 2.86. The third-order valence-corrected chi connectivity index (χ3v) is 4.58. The van der Waals surface area contributed by atoms with Gasteiger partial charge in [0.05, 0.1) is 13.2 Å². The lowest BCUT2D eigenvalue weighted by molar-refractivity contribution is 0.225. The molecule has 0 atom stereocenters. The van der Waals surface area contributed by atoms with Gasteiger partial charge in [0.1, 0.15) is 0 Å². The van der Waals surface area contributed by atoms with Crippen LogP contribution in [0, 0.1) is 0 Å². The molecule has 1 N–H and O–H groups in total. The predicted molar refractivity (Wildman–Crippen MR) is 86.4 cm³/mol. The molecular weight excluding hydrogens is 285 g/mol. The SMILES string of the molecule is CCOP(=O)(Nc1ccc(-c2ccccc2)cc1)OCC. The van der Waals surface area contributed by atoms with Crippen LogP contribution in [0.2, 0.25) is 0 Å². The molecule has 0 bridgehead atoms. The maximum atomic E-state index is 12.4. The fourth-order valence-electron chi connectivity index (χ4n) is 1.97. The molecule has 5 heteroatoms. The first-order valence-electron chi connectivity index (χ1n) is 6.99. The summed E-state index contributed by atoms with van der Waals surface area (Å²) in [6, 6.07) is 17.8. The summed E-state index contributed by atoms with van der Waals surface area (Å²) in [6.45, 7) is 4.22. The van der Waals surface area contributed by atoms with Crippen molar-refractivity contribution in [1.29, 1.82) is 0 Å². The number of rotatable bonds is 7. The molecule has 0 aliphatic heterocycles. The van der Waals surface area contributed by atoms with Gasteiger partial charge < -0.3 is 0 Å². The van der Waals surface area contributed by atoms with Crippen LogP contribution < -0.4 is 5.09 Å². The highest BCUT2D eigenvalue weighted by atomic mass is 31.2.